The second-order valence-corrected chi connectivity index (χ2v) is 4.51. The Hall–Kier alpha value is -2.60. The Balaban J connectivity index is 2.16. The van der Waals surface area contributed by atoms with Crippen LogP contribution in [0.4, 0.5) is 0 Å². The molecule has 0 fully saturated rings. The van der Waals surface area contributed by atoms with Gasteiger partial charge in [0.05, 0.1) is 6.07 Å². The third-order valence-electron chi connectivity index (χ3n) is 3.12. The number of aryl methyl sites for hydroxylation is 1. The van der Waals surface area contributed by atoms with E-state index in [0.29, 0.717) is 0 Å². The molecule has 0 radical (unpaired) electrons. The molecule has 1 aromatic carbocycles. The number of hydrogen-bond acceptors (Lipinski definition) is 2. The quantitative estimate of drug-likeness (QED) is 0.851. The van der Waals surface area contributed by atoms with Crippen LogP contribution in [0.1, 0.15) is 23.6 Å². The predicted octanol–water partition coefficient (Wildman–Crippen LogP) is 3.10. The molecule has 0 aliphatic heterocycles. The fourth-order valence-corrected chi connectivity index (χ4v) is 1.89. The smallest absolute Gasteiger partial charge is 0.252 e. The summed E-state index contributed by atoms with van der Waals surface area (Å²) in [5, 5.41) is 8.58. The standard InChI is InChI=1S/C17H16N2O/c1-2-14-3-5-15(6-4-14)7-8-16-9-11-19(12-10-18)17(20)13-16/h3-9,11,13H,2,12H2,1H3/b8-7+. The monoisotopic (exact) mass is 264 g/mol. The van der Waals surface area contributed by atoms with Gasteiger partial charge >= 0.3 is 0 Å². The van der Waals surface area contributed by atoms with E-state index in [4.69, 9.17) is 5.26 Å². The van der Waals surface area contributed by atoms with Crippen molar-refractivity contribution in [1.29, 1.82) is 5.26 Å². The normalized spacial score (nSPS) is 10.6. The van der Waals surface area contributed by atoms with Gasteiger partial charge in [-0.3, -0.25) is 4.79 Å². The summed E-state index contributed by atoms with van der Waals surface area (Å²) >= 11 is 0. The molecule has 3 heteroatoms. The Kier molecular flexibility index (Phi) is 4.52. The molecule has 0 spiro atoms. The van der Waals surface area contributed by atoms with Crippen LogP contribution in [-0.2, 0) is 13.0 Å². The Morgan fingerprint density at radius 1 is 1.15 bits per heavy atom. The molecule has 0 saturated carbocycles. The van der Waals surface area contributed by atoms with Gasteiger partial charge in [0.1, 0.15) is 6.54 Å². The summed E-state index contributed by atoms with van der Waals surface area (Å²) in [6.45, 7) is 2.21. The minimum absolute atomic E-state index is 0.0846. The van der Waals surface area contributed by atoms with Crippen LogP contribution in [0.5, 0.6) is 0 Å². The number of benzene rings is 1. The lowest BCUT2D eigenvalue weighted by Gasteiger charge is -2.00. The number of pyridine rings is 1. The van der Waals surface area contributed by atoms with Gasteiger partial charge in [0.2, 0.25) is 0 Å². The summed E-state index contributed by atoms with van der Waals surface area (Å²) in [4.78, 5) is 11.7. The maximum absolute atomic E-state index is 11.7. The first-order chi connectivity index (χ1) is 9.72. The fourth-order valence-electron chi connectivity index (χ4n) is 1.89. The van der Waals surface area contributed by atoms with Crippen molar-refractivity contribution in [2.45, 2.75) is 19.9 Å². The van der Waals surface area contributed by atoms with E-state index in [-0.39, 0.29) is 12.1 Å². The lowest BCUT2D eigenvalue weighted by atomic mass is 10.1. The highest BCUT2D eigenvalue weighted by Gasteiger charge is 1.95. The van der Waals surface area contributed by atoms with Gasteiger partial charge in [-0.25, -0.2) is 0 Å². The Morgan fingerprint density at radius 2 is 1.85 bits per heavy atom. The van der Waals surface area contributed by atoms with Crippen LogP contribution in [-0.4, -0.2) is 4.57 Å². The predicted molar refractivity (Wildman–Crippen MR) is 81.1 cm³/mol. The van der Waals surface area contributed by atoms with E-state index >= 15 is 0 Å². The highest BCUT2D eigenvalue weighted by atomic mass is 16.1. The Morgan fingerprint density at radius 3 is 2.45 bits per heavy atom. The number of rotatable bonds is 4. The molecule has 0 bridgehead atoms. The van der Waals surface area contributed by atoms with Crippen molar-refractivity contribution >= 4 is 12.2 Å². The van der Waals surface area contributed by atoms with Crippen molar-refractivity contribution < 1.29 is 0 Å². The molecule has 1 aromatic heterocycles. The molecule has 0 N–H and O–H groups in total. The van der Waals surface area contributed by atoms with E-state index in [9.17, 15) is 4.79 Å². The zero-order chi connectivity index (χ0) is 14.4. The highest BCUT2D eigenvalue weighted by Crippen LogP contribution is 2.09. The number of aromatic nitrogens is 1. The molecule has 1 heterocycles. The highest BCUT2D eigenvalue weighted by molar-refractivity contribution is 5.69. The number of nitriles is 1. The molecule has 20 heavy (non-hydrogen) atoms. The van der Waals surface area contributed by atoms with Crippen molar-refractivity contribution in [3.63, 3.8) is 0 Å². The molecule has 0 unspecified atom stereocenters. The van der Waals surface area contributed by atoms with Crippen molar-refractivity contribution in [2.24, 2.45) is 0 Å². The largest absolute Gasteiger partial charge is 0.302 e. The van der Waals surface area contributed by atoms with Gasteiger partial charge < -0.3 is 4.57 Å². The van der Waals surface area contributed by atoms with Gasteiger partial charge in [-0.05, 0) is 29.2 Å². The average molecular weight is 264 g/mol. The minimum Gasteiger partial charge on any atom is -0.302 e. The summed E-state index contributed by atoms with van der Waals surface area (Å²) in [5.41, 5.74) is 3.09. The zero-order valence-electron chi connectivity index (χ0n) is 11.4. The minimum atomic E-state index is -0.157. The van der Waals surface area contributed by atoms with Crippen LogP contribution >= 0.6 is 0 Å². The summed E-state index contributed by atoms with van der Waals surface area (Å²) < 4.78 is 1.38. The molecule has 100 valence electrons. The molecule has 0 saturated heterocycles. The number of hydrogen-bond donors (Lipinski definition) is 0. The first kappa shape index (κ1) is 13.8. The summed E-state index contributed by atoms with van der Waals surface area (Å²) in [5.74, 6) is 0. The Bertz CT molecular complexity index is 703. The lowest BCUT2D eigenvalue weighted by Crippen LogP contribution is -2.17. The third-order valence-corrected chi connectivity index (χ3v) is 3.12. The van der Waals surface area contributed by atoms with Gasteiger partial charge in [0.25, 0.3) is 5.56 Å². The van der Waals surface area contributed by atoms with E-state index in [1.807, 2.05) is 24.3 Å². The van der Waals surface area contributed by atoms with Crippen LogP contribution < -0.4 is 5.56 Å². The van der Waals surface area contributed by atoms with Crippen LogP contribution in [0.15, 0.2) is 47.4 Å². The third kappa shape index (κ3) is 3.46. The SMILES string of the molecule is CCc1ccc(/C=C/c2ccn(CC#N)c(=O)c2)cc1. The molecule has 0 aliphatic rings. The van der Waals surface area contributed by atoms with Crippen LogP contribution in [0.3, 0.4) is 0 Å². The van der Waals surface area contributed by atoms with Crippen LogP contribution in [0, 0.1) is 11.3 Å². The molecule has 2 rings (SSSR count). The molecular formula is C17H16N2O. The second-order valence-electron chi connectivity index (χ2n) is 4.51. The fraction of sp³-hybridized carbons (Fsp3) is 0.176. The average Bonchev–Trinajstić information content (AvgIpc) is 2.48. The van der Waals surface area contributed by atoms with Gasteiger partial charge in [-0.2, -0.15) is 5.26 Å². The van der Waals surface area contributed by atoms with Crippen molar-refractivity contribution in [2.75, 3.05) is 0 Å². The molecule has 0 aliphatic carbocycles. The van der Waals surface area contributed by atoms with Crippen molar-refractivity contribution in [1.82, 2.24) is 4.57 Å². The van der Waals surface area contributed by atoms with Crippen LogP contribution in [0.2, 0.25) is 0 Å². The maximum atomic E-state index is 11.7. The summed E-state index contributed by atoms with van der Waals surface area (Å²) in [6.07, 6.45) is 6.55. The topological polar surface area (TPSA) is 45.8 Å². The first-order valence-corrected chi connectivity index (χ1v) is 6.57. The molecule has 0 atom stereocenters. The lowest BCUT2D eigenvalue weighted by molar-refractivity contribution is 0.787. The zero-order valence-corrected chi connectivity index (χ0v) is 11.4. The van der Waals surface area contributed by atoms with E-state index in [2.05, 4.69) is 31.2 Å². The molecule has 3 nitrogen and oxygen atoms in total. The Labute approximate surface area is 118 Å². The van der Waals surface area contributed by atoms with Crippen molar-refractivity contribution in [3.8, 4) is 6.07 Å². The number of nitrogens with zero attached hydrogens (tertiary/aromatic N) is 2. The van der Waals surface area contributed by atoms with E-state index in [1.54, 1.807) is 6.20 Å². The second kappa shape index (κ2) is 6.53. The van der Waals surface area contributed by atoms with Gasteiger partial charge in [0, 0.05) is 12.3 Å². The van der Waals surface area contributed by atoms with E-state index in [0.717, 1.165) is 17.5 Å². The van der Waals surface area contributed by atoms with E-state index < -0.39 is 0 Å². The van der Waals surface area contributed by atoms with Gasteiger partial charge in [-0.1, -0.05) is 43.3 Å². The maximum Gasteiger partial charge on any atom is 0.252 e. The molecule has 0 amide bonds. The first-order valence-electron chi connectivity index (χ1n) is 6.57. The van der Waals surface area contributed by atoms with Gasteiger partial charge in [-0.15, -0.1) is 0 Å². The van der Waals surface area contributed by atoms with Gasteiger partial charge in [0.15, 0.2) is 0 Å². The van der Waals surface area contributed by atoms with Crippen LogP contribution in [0.25, 0.3) is 12.2 Å². The summed E-state index contributed by atoms with van der Waals surface area (Å²) in [7, 11) is 0. The van der Waals surface area contributed by atoms with Crippen molar-refractivity contribution in [3.05, 3.63) is 69.6 Å². The molecular weight excluding hydrogens is 248 g/mol. The van der Waals surface area contributed by atoms with E-state index in [1.165, 1.54) is 16.2 Å². The summed E-state index contributed by atoms with van der Waals surface area (Å²) in [6, 6.07) is 13.6. The molecule has 2 aromatic rings.